The number of nitrogens with one attached hydrogen (secondary N) is 2. The predicted molar refractivity (Wildman–Crippen MR) is 140 cm³/mol. The fourth-order valence-corrected chi connectivity index (χ4v) is 5.80. The van der Waals surface area contributed by atoms with E-state index in [1.165, 1.54) is 31.3 Å². The van der Waals surface area contributed by atoms with Gasteiger partial charge in [-0.25, -0.2) is 18.7 Å². The lowest BCUT2D eigenvalue weighted by Crippen LogP contribution is -2.41. The number of anilines is 2. The zero-order chi connectivity index (χ0) is 24.9. The van der Waals surface area contributed by atoms with Crippen molar-refractivity contribution in [2.45, 2.75) is 59.1 Å². The molecular weight excluding hydrogens is 465 g/mol. The number of aryl methyl sites for hydroxylation is 1. The summed E-state index contributed by atoms with van der Waals surface area (Å²) in [5.74, 6) is 2.43. The summed E-state index contributed by atoms with van der Waals surface area (Å²) in [5.41, 5.74) is 3.24. The van der Waals surface area contributed by atoms with E-state index in [1.807, 2.05) is 26.8 Å². The quantitative estimate of drug-likeness (QED) is 0.415. The van der Waals surface area contributed by atoms with Crippen molar-refractivity contribution in [3.05, 3.63) is 48.0 Å². The Bertz CT molecular complexity index is 1260. The molecule has 0 radical (unpaired) electrons. The first-order valence-corrected chi connectivity index (χ1v) is 13.5. The maximum atomic E-state index is 14.1. The number of rotatable bonds is 8. The van der Waals surface area contributed by atoms with E-state index in [2.05, 4.69) is 26.7 Å². The van der Waals surface area contributed by atoms with E-state index in [9.17, 15) is 9.18 Å². The molecule has 0 saturated carbocycles. The number of hydrogen-bond donors (Lipinski definition) is 2. The number of carbonyl (C=O) groups excluding carboxylic acids is 1. The molecule has 2 aromatic carbocycles. The zero-order valence-electron chi connectivity index (χ0n) is 20.6. The molecule has 2 atom stereocenters. The summed E-state index contributed by atoms with van der Waals surface area (Å²) in [6, 6.07) is 8.27. The number of ether oxygens (including phenoxy) is 1. The fraction of sp³-hybridized carbons (Fsp3) is 0.423. The van der Waals surface area contributed by atoms with E-state index < -0.39 is 11.9 Å². The van der Waals surface area contributed by atoms with Crippen LogP contribution in [-0.2, 0) is 15.5 Å². The lowest BCUT2D eigenvalue weighted by atomic mass is 10.1. The van der Waals surface area contributed by atoms with E-state index in [0.29, 0.717) is 11.5 Å². The van der Waals surface area contributed by atoms with Crippen molar-refractivity contribution >= 4 is 44.7 Å². The summed E-state index contributed by atoms with van der Waals surface area (Å²) in [6.45, 7) is 7.57. The molecule has 186 valence electrons. The lowest BCUT2D eigenvalue weighted by Gasteiger charge is -2.20. The second-order valence-corrected chi connectivity index (χ2v) is 10.8. The standard InChI is InChI=1S/C26H32FN5O2S/c1-5-17(3)30-26(33)18(4)34-23-13-19(27)8-9-21(23)31-25-24-16(2)12-20(14-22(24)28-15-29-25)32-35-10-6-7-11-35/h8-9,12-15,17-18H,5-7,10-11H2,1-4H3,(H,30,33)(H,28,29,31)/t17?,18-/m1/s1. The summed E-state index contributed by atoms with van der Waals surface area (Å²) in [6.07, 6.45) is 4.00. The smallest absolute Gasteiger partial charge is 0.260 e. The number of benzene rings is 2. The maximum Gasteiger partial charge on any atom is 0.260 e. The van der Waals surface area contributed by atoms with Gasteiger partial charge in [0.15, 0.2) is 6.10 Å². The van der Waals surface area contributed by atoms with E-state index >= 15 is 0 Å². The zero-order valence-corrected chi connectivity index (χ0v) is 21.4. The molecule has 1 fully saturated rings. The Morgan fingerprint density at radius 1 is 1.20 bits per heavy atom. The highest BCUT2D eigenvalue weighted by Gasteiger charge is 2.19. The predicted octanol–water partition coefficient (Wildman–Crippen LogP) is 5.73. The van der Waals surface area contributed by atoms with Gasteiger partial charge >= 0.3 is 0 Å². The fourth-order valence-electron chi connectivity index (χ4n) is 3.93. The van der Waals surface area contributed by atoms with Crippen molar-refractivity contribution in [2.24, 2.45) is 4.36 Å². The van der Waals surface area contributed by atoms with E-state index in [0.717, 1.165) is 40.1 Å². The van der Waals surface area contributed by atoms with Crippen LogP contribution in [0.3, 0.4) is 0 Å². The molecule has 1 amide bonds. The number of fused-ring (bicyclic) bond motifs is 1. The van der Waals surface area contributed by atoms with Crippen LogP contribution in [0, 0.1) is 12.7 Å². The van der Waals surface area contributed by atoms with Gasteiger partial charge in [0.1, 0.15) is 23.7 Å². The van der Waals surface area contributed by atoms with Crippen LogP contribution in [0.25, 0.3) is 10.9 Å². The van der Waals surface area contributed by atoms with Crippen LogP contribution >= 0.6 is 0 Å². The van der Waals surface area contributed by atoms with Crippen molar-refractivity contribution in [1.82, 2.24) is 15.3 Å². The first kappa shape index (κ1) is 25.0. The maximum absolute atomic E-state index is 14.1. The van der Waals surface area contributed by atoms with Crippen molar-refractivity contribution in [2.75, 3.05) is 16.8 Å². The molecule has 2 N–H and O–H groups in total. The number of aromatic nitrogens is 2. The van der Waals surface area contributed by atoms with Gasteiger partial charge in [-0.15, -0.1) is 0 Å². The monoisotopic (exact) mass is 497 g/mol. The number of halogens is 1. The van der Waals surface area contributed by atoms with Crippen molar-refractivity contribution in [1.29, 1.82) is 0 Å². The first-order valence-electron chi connectivity index (χ1n) is 12.0. The molecule has 2 heterocycles. The Morgan fingerprint density at radius 3 is 2.71 bits per heavy atom. The molecule has 1 aliphatic heterocycles. The van der Waals surface area contributed by atoms with Crippen molar-refractivity contribution in [3.8, 4) is 5.75 Å². The van der Waals surface area contributed by atoms with Gasteiger partial charge in [0.25, 0.3) is 5.91 Å². The third kappa shape index (κ3) is 6.14. The van der Waals surface area contributed by atoms with Crippen LogP contribution in [0.1, 0.15) is 45.6 Å². The number of nitrogens with zero attached hydrogens (tertiary/aromatic N) is 3. The molecule has 1 aliphatic rings. The molecule has 35 heavy (non-hydrogen) atoms. The van der Waals surface area contributed by atoms with E-state index in [4.69, 9.17) is 9.10 Å². The minimum absolute atomic E-state index is 0.0276. The highest BCUT2D eigenvalue weighted by molar-refractivity contribution is 7.87. The van der Waals surface area contributed by atoms with Crippen LogP contribution in [0.2, 0.25) is 0 Å². The number of hydrogen-bond acceptors (Lipinski definition) is 6. The number of carbonyl (C=O) groups is 1. The molecule has 0 spiro atoms. The van der Waals surface area contributed by atoms with Crippen LogP contribution < -0.4 is 15.4 Å². The molecule has 7 nitrogen and oxygen atoms in total. The van der Waals surface area contributed by atoms with Gasteiger partial charge in [0.2, 0.25) is 0 Å². The molecule has 4 rings (SSSR count). The first-order chi connectivity index (χ1) is 16.8. The lowest BCUT2D eigenvalue weighted by molar-refractivity contribution is -0.127. The Hall–Kier alpha value is -3.07. The van der Waals surface area contributed by atoms with Gasteiger partial charge in [-0.05, 0) is 69.9 Å². The van der Waals surface area contributed by atoms with Crippen molar-refractivity contribution < 1.29 is 13.9 Å². The van der Waals surface area contributed by atoms with E-state index in [-0.39, 0.29) is 28.4 Å². The molecule has 1 unspecified atom stereocenters. The third-order valence-corrected chi connectivity index (χ3v) is 8.02. The molecule has 1 aromatic heterocycles. The largest absolute Gasteiger partial charge is 0.479 e. The normalized spacial score (nSPS) is 15.6. The minimum Gasteiger partial charge on any atom is -0.479 e. The van der Waals surface area contributed by atoms with Gasteiger partial charge in [0.05, 0.1) is 16.9 Å². The Morgan fingerprint density at radius 2 is 1.97 bits per heavy atom. The highest BCUT2D eigenvalue weighted by atomic mass is 32.2. The summed E-state index contributed by atoms with van der Waals surface area (Å²) < 4.78 is 24.9. The minimum atomic E-state index is -0.796. The average molecular weight is 498 g/mol. The van der Waals surface area contributed by atoms with Gasteiger partial charge in [-0.2, -0.15) is 0 Å². The van der Waals surface area contributed by atoms with Crippen LogP contribution in [0.5, 0.6) is 5.75 Å². The average Bonchev–Trinajstić information content (AvgIpc) is 3.33. The molecule has 0 aliphatic carbocycles. The SMILES string of the molecule is CCC(C)NC(=O)[C@@H](C)Oc1cc(F)ccc1Nc1ncnc2cc(N=S3CCCC3)cc(C)c12. The molecule has 0 bridgehead atoms. The second-order valence-electron chi connectivity index (χ2n) is 8.89. The van der Waals surface area contributed by atoms with Crippen LogP contribution in [0.15, 0.2) is 41.0 Å². The van der Waals surface area contributed by atoms with Crippen LogP contribution in [-0.4, -0.2) is 39.5 Å². The molecule has 3 aromatic rings. The third-order valence-electron chi connectivity index (χ3n) is 6.04. The Kier molecular flexibility index (Phi) is 7.95. The highest BCUT2D eigenvalue weighted by Crippen LogP contribution is 2.34. The molecule has 1 saturated heterocycles. The van der Waals surface area contributed by atoms with Gasteiger partial charge < -0.3 is 15.4 Å². The number of amides is 1. The summed E-state index contributed by atoms with van der Waals surface area (Å²) in [7, 11) is 0.0951. The molecular formula is C26H32FN5O2S. The topological polar surface area (TPSA) is 88.5 Å². The molecule has 9 heteroatoms. The van der Waals surface area contributed by atoms with Crippen LogP contribution in [0.4, 0.5) is 21.6 Å². The Labute approximate surface area is 208 Å². The van der Waals surface area contributed by atoms with E-state index in [1.54, 1.807) is 13.0 Å². The van der Waals surface area contributed by atoms with Gasteiger partial charge in [-0.1, -0.05) is 17.6 Å². The van der Waals surface area contributed by atoms with Crippen molar-refractivity contribution in [3.63, 3.8) is 0 Å². The second kappa shape index (κ2) is 11.1. The van der Waals surface area contributed by atoms with Gasteiger partial charge in [-0.3, -0.25) is 4.79 Å². The Balaban J connectivity index is 1.62. The summed E-state index contributed by atoms with van der Waals surface area (Å²) in [5, 5.41) is 7.02. The van der Waals surface area contributed by atoms with Gasteiger partial charge in [0, 0.05) is 29.0 Å². The summed E-state index contributed by atoms with van der Waals surface area (Å²) in [4.78, 5) is 21.4. The summed E-state index contributed by atoms with van der Waals surface area (Å²) >= 11 is 0.